The van der Waals surface area contributed by atoms with Crippen LogP contribution in [-0.4, -0.2) is 24.2 Å². The van der Waals surface area contributed by atoms with E-state index < -0.39 is 0 Å². The van der Waals surface area contributed by atoms with Crippen LogP contribution >= 0.6 is 11.7 Å². The molecule has 0 radical (unpaired) electrons. The molecule has 0 spiro atoms. The largest absolute Gasteiger partial charge is 0.487 e. The zero-order valence-electron chi connectivity index (χ0n) is 18.6. The van der Waals surface area contributed by atoms with Crippen LogP contribution in [0.3, 0.4) is 0 Å². The van der Waals surface area contributed by atoms with Crippen molar-refractivity contribution in [3.8, 4) is 5.75 Å². The number of rotatable bonds is 8. The molecule has 0 atom stereocenters. The number of benzene rings is 3. The van der Waals surface area contributed by atoms with E-state index >= 15 is 0 Å². The van der Waals surface area contributed by atoms with E-state index in [0.717, 1.165) is 40.0 Å². The summed E-state index contributed by atoms with van der Waals surface area (Å²) >= 11 is 1.16. The first-order valence-electron chi connectivity index (χ1n) is 10.9. The number of hydrogen-bond acceptors (Lipinski definition) is 6. The highest BCUT2D eigenvalue weighted by molar-refractivity contribution is 6.99. The minimum absolute atomic E-state index is 0.185. The molecule has 0 saturated carbocycles. The minimum atomic E-state index is -0.185. The van der Waals surface area contributed by atoms with Gasteiger partial charge in [-0.15, -0.1) is 0 Å². The van der Waals surface area contributed by atoms with Crippen molar-refractivity contribution < 1.29 is 9.53 Å². The number of hydrogen-bond donors (Lipinski definition) is 1. The summed E-state index contributed by atoms with van der Waals surface area (Å²) in [4.78, 5) is 17.7. The predicted molar refractivity (Wildman–Crippen MR) is 132 cm³/mol. The third-order valence-corrected chi connectivity index (χ3v) is 6.20. The van der Waals surface area contributed by atoms with E-state index in [1.54, 1.807) is 18.2 Å². The first-order chi connectivity index (χ1) is 16.7. The van der Waals surface area contributed by atoms with Crippen LogP contribution in [0.1, 0.15) is 33.1 Å². The first-order valence-corrected chi connectivity index (χ1v) is 11.7. The molecular weight excluding hydrogens is 446 g/mol. The second-order valence-corrected chi connectivity index (χ2v) is 8.41. The lowest BCUT2D eigenvalue weighted by Crippen LogP contribution is -2.25. The SMILES string of the molecule is Cc1nsnc1COc1cccc(C(=O)NCc2nc3ccccc3n2Cc2ccccc2)c1. The van der Waals surface area contributed by atoms with Crippen molar-refractivity contribution in [2.24, 2.45) is 0 Å². The Labute approximate surface area is 201 Å². The fourth-order valence-corrected chi connectivity index (χ4v) is 4.28. The molecule has 8 heteroatoms. The van der Waals surface area contributed by atoms with Gasteiger partial charge in [0.2, 0.25) is 0 Å². The average Bonchev–Trinajstić information content (AvgIpc) is 3.45. The summed E-state index contributed by atoms with van der Waals surface area (Å²) in [5, 5.41) is 3.01. The molecule has 7 nitrogen and oxygen atoms in total. The van der Waals surface area contributed by atoms with Crippen LogP contribution in [0.4, 0.5) is 0 Å². The van der Waals surface area contributed by atoms with Gasteiger partial charge in [0.25, 0.3) is 5.91 Å². The molecule has 2 heterocycles. The van der Waals surface area contributed by atoms with Gasteiger partial charge in [0.15, 0.2) is 0 Å². The van der Waals surface area contributed by atoms with Gasteiger partial charge in [-0.2, -0.15) is 8.75 Å². The minimum Gasteiger partial charge on any atom is -0.487 e. The molecule has 0 bridgehead atoms. The zero-order valence-corrected chi connectivity index (χ0v) is 19.5. The number of aromatic nitrogens is 4. The van der Waals surface area contributed by atoms with Crippen LogP contribution in [-0.2, 0) is 19.7 Å². The standard InChI is InChI=1S/C26H23N5O2S/c1-18-23(30-34-29-18)17-33-21-11-7-10-20(14-21)26(32)27-15-25-28-22-12-5-6-13-24(22)31(25)16-19-8-3-2-4-9-19/h2-14H,15-17H2,1H3,(H,27,32). The Morgan fingerprint density at radius 2 is 1.82 bits per heavy atom. The molecule has 5 aromatic rings. The molecule has 3 aromatic carbocycles. The van der Waals surface area contributed by atoms with Gasteiger partial charge < -0.3 is 14.6 Å². The van der Waals surface area contributed by atoms with Crippen LogP contribution in [0, 0.1) is 6.92 Å². The zero-order chi connectivity index (χ0) is 23.3. The van der Waals surface area contributed by atoms with Crippen molar-refractivity contribution in [3.63, 3.8) is 0 Å². The topological polar surface area (TPSA) is 81.9 Å². The summed E-state index contributed by atoms with van der Waals surface area (Å²) in [6.45, 7) is 3.21. The maximum absolute atomic E-state index is 12.9. The second-order valence-electron chi connectivity index (χ2n) is 7.88. The van der Waals surface area contributed by atoms with Gasteiger partial charge in [-0.1, -0.05) is 48.5 Å². The molecule has 0 aliphatic carbocycles. The summed E-state index contributed by atoms with van der Waals surface area (Å²) in [6, 6.07) is 25.4. The van der Waals surface area contributed by atoms with E-state index in [1.165, 1.54) is 5.56 Å². The number of aryl methyl sites for hydroxylation is 1. The number of nitrogens with one attached hydrogen (secondary N) is 1. The lowest BCUT2D eigenvalue weighted by molar-refractivity contribution is 0.0949. The third-order valence-electron chi connectivity index (χ3n) is 5.54. The molecule has 5 rings (SSSR count). The van der Waals surface area contributed by atoms with E-state index in [-0.39, 0.29) is 5.91 Å². The summed E-state index contributed by atoms with van der Waals surface area (Å²) < 4.78 is 16.3. The van der Waals surface area contributed by atoms with Gasteiger partial charge in [-0.05, 0) is 42.8 Å². The number of para-hydroxylation sites is 2. The molecule has 1 N–H and O–H groups in total. The van der Waals surface area contributed by atoms with Gasteiger partial charge in [-0.3, -0.25) is 4.79 Å². The number of ether oxygens (including phenoxy) is 1. The van der Waals surface area contributed by atoms with Crippen molar-refractivity contribution in [3.05, 3.63) is 107 Å². The van der Waals surface area contributed by atoms with E-state index in [4.69, 9.17) is 9.72 Å². The summed E-state index contributed by atoms with van der Waals surface area (Å²) in [7, 11) is 0. The number of nitrogens with zero attached hydrogens (tertiary/aromatic N) is 4. The highest BCUT2D eigenvalue weighted by Crippen LogP contribution is 2.19. The van der Waals surface area contributed by atoms with Crippen molar-refractivity contribution in [1.29, 1.82) is 0 Å². The molecule has 170 valence electrons. The maximum atomic E-state index is 12.9. The molecule has 2 aromatic heterocycles. The molecule has 0 aliphatic rings. The van der Waals surface area contributed by atoms with Crippen molar-refractivity contribution in [1.82, 2.24) is 23.6 Å². The smallest absolute Gasteiger partial charge is 0.251 e. The summed E-state index contributed by atoms with van der Waals surface area (Å²) in [5.74, 6) is 1.23. The summed E-state index contributed by atoms with van der Waals surface area (Å²) in [6.07, 6.45) is 0. The second kappa shape index (κ2) is 9.84. The van der Waals surface area contributed by atoms with Crippen molar-refractivity contribution >= 4 is 28.7 Å². The van der Waals surface area contributed by atoms with E-state index in [1.807, 2.05) is 49.4 Å². The molecular formula is C26H23N5O2S. The molecule has 0 saturated heterocycles. The maximum Gasteiger partial charge on any atom is 0.251 e. The number of imidazole rings is 1. The fraction of sp³-hybridized carbons (Fsp3) is 0.154. The fourth-order valence-electron chi connectivity index (χ4n) is 3.72. The molecule has 34 heavy (non-hydrogen) atoms. The Kier molecular flexibility index (Phi) is 6.31. The van der Waals surface area contributed by atoms with Crippen molar-refractivity contribution in [2.75, 3.05) is 0 Å². The lowest BCUT2D eigenvalue weighted by atomic mass is 10.2. The Morgan fingerprint density at radius 3 is 2.65 bits per heavy atom. The van der Waals surface area contributed by atoms with Gasteiger partial charge in [0.1, 0.15) is 23.9 Å². The van der Waals surface area contributed by atoms with Crippen LogP contribution in [0.2, 0.25) is 0 Å². The van der Waals surface area contributed by atoms with Gasteiger partial charge in [-0.25, -0.2) is 4.98 Å². The van der Waals surface area contributed by atoms with Gasteiger partial charge >= 0.3 is 0 Å². The summed E-state index contributed by atoms with van der Waals surface area (Å²) in [5.41, 5.74) is 5.31. The molecule has 0 aliphatic heterocycles. The van der Waals surface area contributed by atoms with Crippen molar-refractivity contribution in [2.45, 2.75) is 26.6 Å². The van der Waals surface area contributed by atoms with Gasteiger partial charge in [0, 0.05) is 12.1 Å². The first kappa shape index (κ1) is 21.8. The monoisotopic (exact) mass is 469 g/mol. The highest BCUT2D eigenvalue weighted by atomic mass is 32.1. The van der Waals surface area contributed by atoms with E-state index in [9.17, 15) is 4.79 Å². The van der Waals surface area contributed by atoms with Crippen LogP contribution in [0.15, 0.2) is 78.9 Å². The average molecular weight is 470 g/mol. The number of amides is 1. The third kappa shape index (κ3) is 4.82. The Morgan fingerprint density at radius 1 is 1.00 bits per heavy atom. The lowest BCUT2D eigenvalue weighted by Gasteiger charge is -2.11. The normalized spacial score (nSPS) is 11.0. The molecule has 1 amide bonds. The molecule has 0 fully saturated rings. The van der Waals surface area contributed by atoms with Crippen LogP contribution < -0.4 is 10.1 Å². The Balaban J connectivity index is 1.30. The Hall–Kier alpha value is -4.04. The van der Waals surface area contributed by atoms with Gasteiger partial charge in [0.05, 0.1) is 35.0 Å². The number of carbonyl (C=O) groups excluding carboxylic acids is 1. The molecule has 0 unspecified atom stereocenters. The van der Waals surface area contributed by atoms with E-state index in [2.05, 4.69) is 36.8 Å². The Bertz CT molecular complexity index is 1430. The number of fused-ring (bicyclic) bond motifs is 1. The van der Waals surface area contributed by atoms with E-state index in [0.29, 0.717) is 31.0 Å². The predicted octanol–water partition coefficient (Wildman–Crippen LogP) is 4.75. The van der Waals surface area contributed by atoms with Crippen LogP contribution in [0.25, 0.3) is 11.0 Å². The highest BCUT2D eigenvalue weighted by Gasteiger charge is 2.14. The van der Waals surface area contributed by atoms with Crippen LogP contribution in [0.5, 0.6) is 5.75 Å². The number of carbonyl (C=O) groups is 1. The quantitative estimate of drug-likeness (QED) is 0.355.